The Morgan fingerprint density at radius 2 is 1.91 bits per heavy atom. The molecule has 13 atom stereocenters. The fourth-order valence-corrected chi connectivity index (χ4v) is 13.6. The normalized spacial score (nSPS) is 38.5. The molecule has 56 heavy (non-hydrogen) atoms. The second-order valence-corrected chi connectivity index (χ2v) is 19.9. The average molecular weight is 802 g/mol. The molecule has 1 aromatic heterocycles. The molecular weight excluding hydrogens is 743 g/mol. The predicted molar refractivity (Wildman–Crippen MR) is 223 cm³/mol. The van der Waals surface area contributed by atoms with Crippen molar-refractivity contribution in [2.75, 3.05) is 24.7 Å². The van der Waals surface area contributed by atoms with Crippen LogP contribution in [-0.4, -0.2) is 79.6 Å². The molecule has 4 bridgehead atoms. The predicted octanol–water partition coefficient (Wildman–Crippen LogP) is 6.02. The van der Waals surface area contributed by atoms with Gasteiger partial charge in [0.25, 0.3) is 0 Å². The summed E-state index contributed by atoms with van der Waals surface area (Å²) in [7, 11) is 3.26. The number of rotatable bonds is 7. The molecule has 0 radical (unpaired) electrons. The second kappa shape index (κ2) is 17.1. The first kappa shape index (κ1) is 39.8. The minimum Gasteiger partial charge on any atom is -0.504 e. The molecule has 3 heterocycles. The van der Waals surface area contributed by atoms with Crippen LogP contribution in [0.1, 0.15) is 75.5 Å². The molecule has 2 aromatic rings. The van der Waals surface area contributed by atoms with Crippen LogP contribution in [-0.2, 0) is 6.42 Å². The maximum absolute atomic E-state index is 12.1. The van der Waals surface area contributed by atoms with E-state index in [1.54, 1.807) is 27.7 Å². The van der Waals surface area contributed by atoms with E-state index in [1.165, 1.54) is 12.8 Å². The van der Waals surface area contributed by atoms with Crippen LogP contribution in [0.3, 0.4) is 0 Å². The summed E-state index contributed by atoms with van der Waals surface area (Å²) in [5, 5.41) is 61.1. The quantitative estimate of drug-likeness (QED) is 0.0945. The standard InChI is InChI=1S/C45H59N3O6S2/c1-2-45-13-11-27-6-7-28(19-38(51)41(27)43(53)31-16-26(22-45)5-9-33(45)17-31)29-8-10-37(50)39(20-29)54-40-21-30(18-34-4-3-14-47-34)35-12-15-48-44(46)36(35)25-56-55-24-32(23-49)42(40)52/h3-4,6-8,10,12,14,20,26-28,30-33,38,40-43,47-53H,2,5,9,15-19,21-25,46H2,1H3/t26-,27-,28-,30-,31-,32-,33+,38+,40+,41-,42+,43-,45+/m0/s1. The Morgan fingerprint density at radius 1 is 1.04 bits per heavy atom. The third-order valence-corrected chi connectivity index (χ3v) is 16.6. The summed E-state index contributed by atoms with van der Waals surface area (Å²) in [5.41, 5.74) is 10.6. The molecule has 1 saturated heterocycles. The van der Waals surface area contributed by atoms with Gasteiger partial charge in [-0.2, -0.15) is 0 Å². The van der Waals surface area contributed by atoms with Gasteiger partial charge in [0.2, 0.25) is 0 Å². The molecule has 3 saturated carbocycles. The minimum absolute atomic E-state index is 0.0132. The lowest BCUT2D eigenvalue weighted by Gasteiger charge is -2.41. The lowest BCUT2D eigenvalue weighted by molar-refractivity contribution is -0.0374. The first-order chi connectivity index (χ1) is 27.2. The smallest absolute Gasteiger partial charge is 0.161 e. The molecule has 11 heteroatoms. The van der Waals surface area contributed by atoms with E-state index in [1.807, 2.05) is 24.4 Å². The summed E-state index contributed by atoms with van der Waals surface area (Å²) in [5.74, 6) is 9.34. The summed E-state index contributed by atoms with van der Waals surface area (Å²) in [6, 6.07) is 9.36. The molecule has 4 fully saturated rings. The van der Waals surface area contributed by atoms with Crippen molar-refractivity contribution in [3.05, 3.63) is 83.0 Å². The average Bonchev–Trinajstić information content (AvgIpc) is 3.47. The number of hydrogen-bond acceptors (Lipinski definition) is 10. The van der Waals surface area contributed by atoms with E-state index in [9.17, 15) is 25.5 Å². The lowest BCUT2D eigenvalue weighted by Crippen LogP contribution is -2.42. The molecule has 9 rings (SSSR count). The van der Waals surface area contributed by atoms with Gasteiger partial charge in [-0.3, -0.25) is 0 Å². The maximum Gasteiger partial charge on any atom is 0.161 e. The zero-order valence-corrected chi connectivity index (χ0v) is 34.0. The second-order valence-electron chi connectivity index (χ2n) is 17.4. The van der Waals surface area contributed by atoms with E-state index in [4.69, 9.17) is 10.5 Å². The number of aromatic amines is 1. The van der Waals surface area contributed by atoms with Gasteiger partial charge in [0.1, 0.15) is 11.9 Å². The van der Waals surface area contributed by atoms with E-state index in [-0.39, 0.29) is 53.1 Å². The SMILES string of the molecule is CC[C@]12C#C[C@@H]3C=C[C@H](c4ccc(O)c(O[C@@H]5C[C@H](Cc6ccc[nH]6)C6=CCNC(N)=C6CSSC[C@H](CO)[C@H]5O)c4)C[C@@H](O)[C@H]3[C@@H](O)[C@H]3C[C@H](CC[C@@H]1C3)C2. The fourth-order valence-electron chi connectivity index (χ4n) is 11.0. The van der Waals surface area contributed by atoms with Crippen molar-refractivity contribution in [3.63, 3.8) is 0 Å². The number of phenolic OH excluding ortho intramolecular Hbond substituents is 1. The number of aliphatic hydroxyl groups is 4. The molecule has 9 nitrogen and oxygen atoms in total. The van der Waals surface area contributed by atoms with Crippen molar-refractivity contribution in [1.29, 1.82) is 0 Å². The van der Waals surface area contributed by atoms with Crippen molar-refractivity contribution in [3.8, 4) is 23.3 Å². The van der Waals surface area contributed by atoms with E-state index < -0.39 is 30.3 Å². The number of aromatic nitrogens is 1. The van der Waals surface area contributed by atoms with E-state index in [0.29, 0.717) is 55.0 Å². The van der Waals surface area contributed by atoms with Crippen molar-refractivity contribution in [1.82, 2.24) is 10.3 Å². The van der Waals surface area contributed by atoms with Gasteiger partial charge in [-0.05, 0) is 110 Å². The summed E-state index contributed by atoms with van der Waals surface area (Å²) in [4.78, 5) is 3.34. The Labute approximate surface area is 339 Å². The van der Waals surface area contributed by atoms with Gasteiger partial charge >= 0.3 is 0 Å². The highest BCUT2D eigenvalue weighted by Crippen LogP contribution is 2.56. The zero-order chi connectivity index (χ0) is 39.0. The largest absolute Gasteiger partial charge is 0.504 e. The Balaban J connectivity index is 1.10. The number of nitrogens with two attached hydrogens (primary N) is 1. The van der Waals surface area contributed by atoms with Crippen LogP contribution in [0.15, 0.2) is 71.7 Å². The number of ether oxygens (including phenoxy) is 1. The third-order valence-electron chi connectivity index (χ3n) is 14.2. The van der Waals surface area contributed by atoms with Gasteiger partial charge in [0.15, 0.2) is 11.5 Å². The van der Waals surface area contributed by atoms with Crippen molar-refractivity contribution < 1.29 is 30.3 Å². The molecule has 9 N–H and O–H groups in total. The van der Waals surface area contributed by atoms with Crippen LogP contribution in [0, 0.1) is 58.7 Å². The number of aromatic hydroxyl groups is 1. The molecule has 302 valence electrons. The van der Waals surface area contributed by atoms with E-state index in [0.717, 1.165) is 48.1 Å². The number of nitrogens with one attached hydrogen (secondary N) is 2. The summed E-state index contributed by atoms with van der Waals surface area (Å²) >= 11 is 0. The number of fused-ring (bicyclic) bond motifs is 3. The molecule has 5 aliphatic carbocycles. The molecule has 0 spiro atoms. The number of phenols is 1. The van der Waals surface area contributed by atoms with Crippen LogP contribution in [0.2, 0.25) is 0 Å². The Hall–Kier alpha value is -2.98. The zero-order valence-electron chi connectivity index (χ0n) is 32.4. The number of H-pyrrole nitrogens is 1. The van der Waals surface area contributed by atoms with Crippen LogP contribution in [0.5, 0.6) is 11.5 Å². The fraction of sp³-hybridized carbons (Fsp3) is 0.600. The molecule has 7 aliphatic rings. The van der Waals surface area contributed by atoms with Crippen LogP contribution < -0.4 is 15.8 Å². The number of dihydropyridines is 1. The Bertz CT molecular complexity index is 1850. The topological polar surface area (TPSA) is 164 Å². The molecule has 2 aliphatic heterocycles. The number of allylic oxidation sites excluding steroid dienone is 3. The monoisotopic (exact) mass is 801 g/mol. The van der Waals surface area contributed by atoms with Crippen molar-refractivity contribution in [2.45, 2.75) is 95.0 Å². The molecule has 0 amide bonds. The van der Waals surface area contributed by atoms with Crippen molar-refractivity contribution in [2.24, 2.45) is 52.6 Å². The lowest BCUT2D eigenvalue weighted by atomic mass is 9.62. The van der Waals surface area contributed by atoms with Gasteiger partial charge in [-0.15, -0.1) is 0 Å². The first-order valence-corrected chi connectivity index (χ1v) is 23.3. The maximum atomic E-state index is 12.1. The highest BCUT2D eigenvalue weighted by Gasteiger charge is 2.50. The number of benzene rings is 1. The van der Waals surface area contributed by atoms with E-state index in [2.05, 4.69) is 53.4 Å². The Morgan fingerprint density at radius 3 is 2.71 bits per heavy atom. The molecule has 1 aromatic carbocycles. The van der Waals surface area contributed by atoms with Gasteiger partial charge in [0.05, 0.1) is 18.3 Å². The first-order valence-electron chi connectivity index (χ1n) is 20.8. The Kier molecular flexibility index (Phi) is 12.2. The highest BCUT2D eigenvalue weighted by atomic mass is 33.1. The number of aliphatic hydroxyl groups excluding tert-OH is 4. The van der Waals surface area contributed by atoms with E-state index >= 15 is 0 Å². The summed E-state index contributed by atoms with van der Waals surface area (Å²) in [6.07, 6.45) is 13.2. The molecular formula is C45H59N3O6S2. The van der Waals surface area contributed by atoms with Crippen LogP contribution in [0.4, 0.5) is 0 Å². The van der Waals surface area contributed by atoms with Crippen LogP contribution >= 0.6 is 21.6 Å². The number of hydrogen-bond donors (Lipinski definition) is 8. The van der Waals surface area contributed by atoms with Crippen molar-refractivity contribution >= 4 is 21.6 Å². The van der Waals surface area contributed by atoms with Gasteiger partial charge in [0, 0.05) is 71.2 Å². The van der Waals surface area contributed by atoms with Gasteiger partial charge in [-0.25, -0.2) is 0 Å². The third kappa shape index (κ3) is 8.04. The summed E-state index contributed by atoms with van der Waals surface area (Å²) < 4.78 is 6.73. The van der Waals surface area contributed by atoms with Gasteiger partial charge < -0.3 is 46.3 Å². The minimum atomic E-state index is -1.02. The van der Waals surface area contributed by atoms with Crippen LogP contribution in [0.25, 0.3) is 0 Å². The van der Waals surface area contributed by atoms with Gasteiger partial charge in [-0.1, -0.05) is 71.1 Å². The summed E-state index contributed by atoms with van der Waals surface area (Å²) in [6.45, 7) is 2.67. The highest BCUT2D eigenvalue weighted by molar-refractivity contribution is 8.76. The molecule has 0 unspecified atom stereocenters.